The Labute approximate surface area is 140 Å². The van der Waals surface area contributed by atoms with Gasteiger partial charge in [0.25, 0.3) is 0 Å². The van der Waals surface area contributed by atoms with Crippen molar-refractivity contribution in [3.63, 3.8) is 0 Å². The molecule has 23 heavy (non-hydrogen) atoms. The summed E-state index contributed by atoms with van der Waals surface area (Å²) in [5.74, 6) is 0.833. The summed E-state index contributed by atoms with van der Waals surface area (Å²) in [6.07, 6.45) is 4.06. The Bertz CT molecular complexity index is 685. The van der Waals surface area contributed by atoms with Gasteiger partial charge in [0.05, 0.1) is 18.3 Å². The van der Waals surface area contributed by atoms with E-state index in [1.54, 1.807) is 6.20 Å². The molecule has 0 aliphatic carbocycles. The van der Waals surface area contributed by atoms with Crippen LogP contribution in [-0.4, -0.2) is 27.3 Å². The number of nitrogens with zero attached hydrogens (tertiary/aromatic N) is 3. The summed E-state index contributed by atoms with van der Waals surface area (Å²) in [6.45, 7) is 6.17. The third-order valence-electron chi connectivity index (χ3n) is 4.07. The van der Waals surface area contributed by atoms with E-state index in [4.69, 9.17) is 0 Å². The smallest absolute Gasteiger partial charge is 0.217 e. The number of amides is 1. The Morgan fingerprint density at radius 3 is 3.04 bits per heavy atom. The fourth-order valence-electron chi connectivity index (χ4n) is 2.97. The van der Waals surface area contributed by atoms with E-state index in [0.717, 1.165) is 31.0 Å². The summed E-state index contributed by atoms with van der Waals surface area (Å²) in [5.41, 5.74) is 0.865. The second-order valence-electron chi connectivity index (χ2n) is 5.96. The fourth-order valence-corrected chi connectivity index (χ4v) is 3.88. The van der Waals surface area contributed by atoms with Gasteiger partial charge in [-0.2, -0.15) is 0 Å². The molecule has 0 aromatic carbocycles. The van der Waals surface area contributed by atoms with Crippen molar-refractivity contribution in [2.75, 3.05) is 6.54 Å². The van der Waals surface area contributed by atoms with Crippen molar-refractivity contribution < 1.29 is 4.79 Å². The summed E-state index contributed by atoms with van der Waals surface area (Å²) < 4.78 is 0. The zero-order chi connectivity index (χ0) is 16.2. The number of aryl methyl sites for hydroxylation is 1. The van der Waals surface area contributed by atoms with Crippen molar-refractivity contribution in [1.82, 2.24) is 20.2 Å². The van der Waals surface area contributed by atoms with Gasteiger partial charge in [-0.1, -0.05) is 0 Å². The predicted octanol–water partition coefficient (Wildman–Crippen LogP) is 2.82. The molecular formula is C17H22N4OS. The van der Waals surface area contributed by atoms with E-state index >= 15 is 0 Å². The van der Waals surface area contributed by atoms with Crippen LogP contribution in [0.2, 0.25) is 0 Å². The molecule has 0 bridgehead atoms. The molecule has 6 heteroatoms. The molecule has 0 radical (unpaired) electrons. The molecule has 1 aliphatic rings. The Balaban J connectivity index is 1.71. The second-order valence-corrected chi connectivity index (χ2v) is 7.33. The van der Waals surface area contributed by atoms with Gasteiger partial charge >= 0.3 is 0 Å². The van der Waals surface area contributed by atoms with Gasteiger partial charge in [0, 0.05) is 29.4 Å². The largest absolute Gasteiger partial charge is 0.351 e. The number of rotatable bonds is 5. The van der Waals surface area contributed by atoms with Gasteiger partial charge in [-0.15, -0.1) is 11.3 Å². The fraction of sp³-hybridized carbons (Fsp3) is 0.471. The van der Waals surface area contributed by atoms with Gasteiger partial charge in [-0.05, 0) is 44.5 Å². The van der Waals surface area contributed by atoms with Crippen LogP contribution < -0.4 is 5.32 Å². The second kappa shape index (κ2) is 7.19. The first kappa shape index (κ1) is 16.1. The lowest BCUT2D eigenvalue weighted by Gasteiger charge is -2.22. The van der Waals surface area contributed by atoms with Crippen LogP contribution in [0, 0.1) is 6.92 Å². The number of thiophene rings is 1. The minimum absolute atomic E-state index is 0.0410. The van der Waals surface area contributed by atoms with Gasteiger partial charge in [-0.25, -0.2) is 9.97 Å². The van der Waals surface area contributed by atoms with Crippen LogP contribution in [0.3, 0.4) is 0 Å². The first-order valence-corrected chi connectivity index (χ1v) is 8.79. The molecular weight excluding hydrogens is 308 g/mol. The predicted molar refractivity (Wildman–Crippen MR) is 91.0 cm³/mol. The number of carbonyl (C=O) groups is 1. The topological polar surface area (TPSA) is 58.1 Å². The van der Waals surface area contributed by atoms with Crippen LogP contribution in [0.4, 0.5) is 0 Å². The summed E-state index contributed by atoms with van der Waals surface area (Å²) >= 11 is 1.86. The monoisotopic (exact) mass is 330 g/mol. The Hall–Kier alpha value is -1.79. The molecule has 1 saturated heterocycles. The number of hydrogen-bond donors (Lipinski definition) is 1. The normalized spacial score (nSPS) is 18.3. The lowest BCUT2D eigenvalue weighted by molar-refractivity contribution is -0.119. The maximum atomic E-state index is 11.1. The Morgan fingerprint density at radius 2 is 2.30 bits per heavy atom. The molecule has 0 unspecified atom stereocenters. The number of nitrogens with one attached hydrogen (secondary N) is 1. The quantitative estimate of drug-likeness (QED) is 0.916. The standard InChI is InChI=1S/C17H22N4OS/c1-12-5-6-15(23-12)11-21-9-3-4-16(21)17-18-8-7-14(20-17)10-19-13(2)22/h5-8,16H,3-4,9-11H2,1-2H3,(H,19,22)/t16-/m1/s1. The highest BCUT2D eigenvalue weighted by molar-refractivity contribution is 7.11. The van der Waals surface area contributed by atoms with Crippen LogP contribution in [-0.2, 0) is 17.9 Å². The molecule has 1 aliphatic heterocycles. The number of hydrogen-bond acceptors (Lipinski definition) is 5. The zero-order valence-electron chi connectivity index (χ0n) is 13.6. The van der Waals surface area contributed by atoms with Crippen molar-refractivity contribution in [3.8, 4) is 0 Å². The van der Waals surface area contributed by atoms with Crippen LogP contribution in [0.1, 0.15) is 47.1 Å². The maximum Gasteiger partial charge on any atom is 0.217 e. The Morgan fingerprint density at radius 1 is 1.43 bits per heavy atom. The lowest BCUT2D eigenvalue weighted by Crippen LogP contribution is -2.25. The molecule has 1 atom stereocenters. The summed E-state index contributed by atoms with van der Waals surface area (Å²) in [6, 6.07) is 6.52. The SMILES string of the molecule is CC(=O)NCc1ccnc([C@H]2CCCN2Cc2ccc(C)s2)n1. The molecule has 1 N–H and O–H groups in total. The highest BCUT2D eigenvalue weighted by atomic mass is 32.1. The van der Waals surface area contributed by atoms with Gasteiger partial charge in [0.15, 0.2) is 0 Å². The van der Waals surface area contributed by atoms with Crippen molar-refractivity contribution >= 4 is 17.2 Å². The van der Waals surface area contributed by atoms with E-state index < -0.39 is 0 Å². The zero-order valence-corrected chi connectivity index (χ0v) is 14.4. The molecule has 2 aromatic rings. The van der Waals surface area contributed by atoms with Gasteiger partial charge < -0.3 is 5.32 Å². The minimum Gasteiger partial charge on any atom is -0.351 e. The highest BCUT2D eigenvalue weighted by Crippen LogP contribution is 2.32. The van der Waals surface area contributed by atoms with Crippen LogP contribution in [0.25, 0.3) is 0 Å². The third-order valence-corrected chi connectivity index (χ3v) is 5.05. The van der Waals surface area contributed by atoms with Crippen LogP contribution in [0.5, 0.6) is 0 Å². The average Bonchev–Trinajstić information content (AvgIpc) is 3.15. The van der Waals surface area contributed by atoms with E-state index in [0.29, 0.717) is 6.54 Å². The van der Waals surface area contributed by atoms with Gasteiger partial charge in [0.1, 0.15) is 5.82 Å². The number of carbonyl (C=O) groups excluding carboxylic acids is 1. The third kappa shape index (κ3) is 4.14. The first-order valence-electron chi connectivity index (χ1n) is 7.97. The highest BCUT2D eigenvalue weighted by Gasteiger charge is 2.28. The first-order chi connectivity index (χ1) is 11.1. The van der Waals surface area contributed by atoms with E-state index in [1.165, 1.54) is 23.1 Å². The average molecular weight is 330 g/mol. The van der Waals surface area contributed by atoms with Gasteiger partial charge in [0.2, 0.25) is 5.91 Å². The number of likely N-dealkylation sites (tertiary alicyclic amines) is 1. The molecule has 1 amide bonds. The Kier molecular flexibility index (Phi) is 5.03. The van der Waals surface area contributed by atoms with Crippen molar-refractivity contribution in [3.05, 3.63) is 45.7 Å². The van der Waals surface area contributed by atoms with E-state index in [9.17, 15) is 4.79 Å². The summed E-state index contributed by atoms with van der Waals surface area (Å²) in [5, 5.41) is 2.79. The van der Waals surface area contributed by atoms with E-state index in [1.807, 2.05) is 17.4 Å². The molecule has 5 nitrogen and oxygen atoms in total. The molecule has 3 heterocycles. The molecule has 1 fully saturated rings. The van der Waals surface area contributed by atoms with Crippen LogP contribution in [0.15, 0.2) is 24.4 Å². The lowest BCUT2D eigenvalue weighted by atomic mass is 10.2. The molecule has 3 rings (SSSR count). The number of aromatic nitrogens is 2. The molecule has 122 valence electrons. The van der Waals surface area contributed by atoms with Crippen molar-refractivity contribution in [2.24, 2.45) is 0 Å². The molecule has 0 saturated carbocycles. The van der Waals surface area contributed by atoms with Crippen LogP contribution >= 0.6 is 11.3 Å². The summed E-state index contributed by atoms with van der Waals surface area (Å²) in [7, 11) is 0. The maximum absolute atomic E-state index is 11.1. The van der Waals surface area contributed by atoms with Gasteiger partial charge in [-0.3, -0.25) is 9.69 Å². The van der Waals surface area contributed by atoms with Crippen molar-refractivity contribution in [1.29, 1.82) is 0 Å². The van der Waals surface area contributed by atoms with Crippen molar-refractivity contribution in [2.45, 2.75) is 45.8 Å². The summed E-state index contributed by atoms with van der Waals surface area (Å²) in [4.78, 5) is 25.4. The minimum atomic E-state index is -0.0410. The van der Waals surface area contributed by atoms with E-state index in [2.05, 4.69) is 39.2 Å². The molecule has 2 aromatic heterocycles. The molecule has 0 spiro atoms. The van der Waals surface area contributed by atoms with E-state index in [-0.39, 0.29) is 11.9 Å².